The molecule has 2 N–H and O–H groups in total. The Kier molecular flexibility index (Phi) is 6.78. The highest BCUT2D eigenvalue weighted by Gasteiger charge is 2.22. The van der Waals surface area contributed by atoms with Crippen LogP contribution in [0.1, 0.15) is 27.9 Å². The maximum absolute atomic E-state index is 11.7. The first-order chi connectivity index (χ1) is 15.3. The van der Waals surface area contributed by atoms with Gasteiger partial charge in [-0.2, -0.15) is 15.2 Å². The fraction of sp³-hybridized carbons (Fsp3) is 0.238. The van der Waals surface area contributed by atoms with Crippen LogP contribution >= 0.6 is 0 Å². The smallest absolute Gasteiger partial charge is 0.363 e. The third kappa shape index (κ3) is 5.25. The third-order valence-corrected chi connectivity index (χ3v) is 4.61. The van der Waals surface area contributed by atoms with E-state index in [0.29, 0.717) is 11.3 Å². The van der Waals surface area contributed by atoms with Gasteiger partial charge in [0, 0.05) is 11.6 Å². The van der Waals surface area contributed by atoms with Gasteiger partial charge in [0.1, 0.15) is 12.3 Å². The quantitative estimate of drug-likeness (QED) is 0.310. The van der Waals surface area contributed by atoms with E-state index >= 15 is 0 Å². The number of aromatic amines is 1. The molecule has 2 aromatic carbocycles. The van der Waals surface area contributed by atoms with Gasteiger partial charge in [-0.25, -0.2) is 9.89 Å². The van der Waals surface area contributed by atoms with E-state index in [2.05, 4.69) is 25.7 Å². The Bertz CT molecular complexity index is 1240. The molecule has 0 saturated carbocycles. The first-order valence-corrected chi connectivity index (χ1v) is 9.56. The molecular weight excluding hydrogens is 416 g/mol. The molecule has 0 atom stereocenters. The van der Waals surface area contributed by atoms with Gasteiger partial charge in [0.15, 0.2) is 11.6 Å². The average molecular weight is 438 g/mol. The van der Waals surface area contributed by atoms with E-state index in [1.165, 1.54) is 19.4 Å². The SMILES string of the molecule is COc1cc(/C=N/Nc2nc(=O)[nH]nc2C)cc([N+](=O)[O-])c1OCc1cc(C)ccc1C. The number of nitro benzene ring substituents is 1. The number of hydrogen-bond acceptors (Lipinski definition) is 9. The van der Waals surface area contributed by atoms with Crippen LogP contribution in [0.5, 0.6) is 11.5 Å². The van der Waals surface area contributed by atoms with Gasteiger partial charge in [-0.3, -0.25) is 15.5 Å². The zero-order chi connectivity index (χ0) is 23.3. The summed E-state index contributed by atoms with van der Waals surface area (Å²) in [5, 5.41) is 21.7. The van der Waals surface area contributed by atoms with Gasteiger partial charge in [0.25, 0.3) is 0 Å². The predicted molar refractivity (Wildman–Crippen MR) is 119 cm³/mol. The van der Waals surface area contributed by atoms with Gasteiger partial charge in [-0.1, -0.05) is 23.8 Å². The number of anilines is 1. The number of aryl methyl sites for hydroxylation is 3. The number of benzene rings is 2. The van der Waals surface area contributed by atoms with Crippen molar-refractivity contribution >= 4 is 17.7 Å². The van der Waals surface area contributed by atoms with Gasteiger partial charge in [-0.05, 0) is 38.0 Å². The number of hydrogen-bond donors (Lipinski definition) is 2. The minimum absolute atomic E-state index is 0.0276. The normalized spacial score (nSPS) is 10.9. The lowest BCUT2D eigenvalue weighted by Crippen LogP contribution is -2.15. The van der Waals surface area contributed by atoms with Gasteiger partial charge < -0.3 is 9.47 Å². The first kappa shape index (κ1) is 22.4. The molecule has 11 nitrogen and oxygen atoms in total. The van der Waals surface area contributed by atoms with Crippen LogP contribution in [-0.2, 0) is 6.61 Å². The van der Waals surface area contributed by atoms with Gasteiger partial charge in [0.2, 0.25) is 5.75 Å². The Labute approximate surface area is 183 Å². The molecule has 1 heterocycles. The zero-order valence-electron chi connectivity index (χ0n) is 18.0. The van der Waals surface area contributed by atoms with Crippen LogP contribution in [0.3, 0.4) is 0 Å². The second kappa shape index (κ2) is 9.69. The van der Waals surface area contributed by atoms with Crippen molar-refractivity contribution in [3.8, 4) is 11.5 Å². The standard InChI is InChI=1S/C21H22N6O5/c1-12-5-6-13(2)16(7-12)11-32-19-17(27(29)30)8-15(9-18(19)31-4)10-22-25-20-14(3)24-26-21(28)23-20/h5-10H,11H2,1-4H3,(H2,23,25,26,28)/b22-10+. The topological polar surface area (TPSA) is 145 Å². The Morgan fingerprint density at radius 1 is 1.25 bits per heavy atom. The molecule has 166 valence electrons. The molecule has 0 aliphatic heterocycles. The molecule has 1 aromatic heterocycles. The molecule has 0 spiro atoms. The van der Waals surface area contributed by atoms with Crippen molar-refractivity contribution < 1.29 is 14.4 Å². The van der Waals surface area contributed by atoms with Crippen LogP contribution in [0.15, 0.2) is 40.2 Å². The summed E-state index contributed by atoms with van der Waals surface area (Å²) in [6.45, 7) is 5.70. The molecule has 0 amide bonds. The number of nitrogens with zero attached hydrogens (tertiary/aromatic N) is 4. The number of methoxy groups -OCH3 is 1. The number of nitro groups is 1. The van der Waals surface area contributed by atoms with Crippen molar-refractivity contribution in [3.63, 3.8) is 0 Å². The maximum Gasteiger partial charge on any atom is 0.363 e. The molecule has 0 unspecified atom stereocenters. The van der Waals surface area contributed by atoms with Crippen molar-refractivity contribution in [2.75, 3.05) is 12.5 Å². The minimum atomic E-state index is -0.629. The number of hydrazone groups is 1. The molecule has 0 aliphatic rings. The molecule has 0 aliphatic carbocycles. The molecule has 3 aromatic rings. The predicted octanol–water partition coefficient (Wildman–Crippen LogP) is 3.03. The van der Waals surface area contributed by atoms with E-state index in [9.17, 15) is 14.9 Å². The number of aromatic nitrogens is 3. The molecular formula is C21H22N6O5. The van der Waals surface area contributed by atoms with E-state index in [1.54, 1.807) is 13.0 Å². The van der Waals surface area contributed by atoms with E-state index < -0.39 is 10.6 Å². The van der Waals surface area contributed by atoms with Crippen molar-refractivity contribution in [1.29, 1.82) is 0 Å². The molecule has 0 bridgehead atoms. The molecule has 0 fully saturated rings. The van der Waals surface area contributed by atoms with E-state index in [0.717, 1.165) is 16.7 Å². The summed E-state index contributed by atoms with van der Waals surface area (Å²) < 4.78 is 11.2. The molecule has 3 rings (SSSR count). The highest BCUT2D eigenvalue weighted by Crippen LogP contribution is 2.38. The summed E-state index contributed by atoms with van der Waals surface area (Å²) in [6.07, 6.45) is 1.34. The van der Waals surface area contributed by atoms with Crippen LogP contribution in [0.4, 0.5) is 11.5 Å². The van der Waals surface area contributed by atoms with Gasteiger partial charge in [-0.15, -0.1) is 0 Å². The average Bonchev–Trinajstić information content (AvgIpc) is 2.76. The lowest BCUT2D eigenvalue weighted by molar-refractivity contribution is -0.386. The van der Waals surface area contributed by atoms with Crippen molar-refractivity contribution in [3.05, 3.63) is 78.9 Å². The van der Waals surface area contributed by atoms with Gasteiger partial charge in [0.05, 0.1) is 18.2 Å². The monoisotopic (exact) mass is 438 g/mol. The van der Waals surface area contributed by atoms with Crippen LogP contribution in [0, 0.1) is 30.9 Å². The summed E-state index contributed by atoms with van der Waals surface area (Å²) in [6, 6.07) is 8.82. The fourth-order valence-electron chi connectivity index (χ4n) is 2.89. The minimum Gasteiger partial charge on any atom is -0.493 e. The second-order valence-corrected chi connectivity index (χ2v) is 6.99. The molecule has 32 heavy (non-hydrogen) atoms. The maximum atomic E-state index is 11.7. The Balaban J connectivity index is 1.87. The van der Waals surface area contributed by atoms with Gasteiger partial charge >= 0.3 is 11.4 Å². The van der Waals surface area contributed by atoms with E-state index in [-0.39, 0.29) is 29.6 Å². The molecule has 0 saturated heterocycles. The lowest BCUT2D eigenvalue weighted by Gasteiger charge is -2.13. The summed E-state index contributed by atoms with van der Waals surface area (Å²) in [7, 11) is 1.40. The molecule has 0 radical (unpaired) electrons. The zero-order valence-corrected chi connectivity index (χ0v) is 18.0. The summed E-state index contributed by atoms with van der Waals surface area (Å²) in [5.41, 5.74) is 5.53. The Hall–Kier alpha value is -4.28. The first-order valence-electron chi connectivity index (χ1n) is 9.56. The van der Waals surface area contributed by atoms with Crippen LogP contribution in [-0.4, -0.2) is 33.4 Å². The fourth-order valence-corrected chi connectivity index (χ4v) is 2.89. The van der Waals surface area contributed by atoms with Crippen LogP contribution in [0.2, 0.25) is 0 Å². The second-order valence-electron chi connectivity index (χ2n) is 6.99. The summed E-state index contributed by atoms with van der Waals surface area (Å²) >= 11 is 0. The van der Waals surface area contributed by atoms with Crippen LogP contribution < -0.4 is 20.6 Å². The summed E-state index contributed by atoms with van der Waals surface area (Å²) in [4.78, 5) is 26.2. The van der Waals surface area contributed by atoms with Crippen molar-refractivity contribution in [2.45, 2.75) is 27.4 Å². The van der Waals surface area contributed by atoms with E-state index in [4.69, 9.17) is 9.47 Å². The third-order valence-electron chi connectivity index (χ3n) is 4.61. The van der Waals surface area contributed by atoms with Crippen molar-refractivity contribution in [1.82, 2.24) is 15.2 Å². The number of rotatable bonds is 8. The highest BCUT2D eigenvalue weighted by atomic mass is 16.6. The largest absolute Gasteiger partial charge is 0.493 e. The Morgan fingerprint density at radius 3 is 2.75 bits per heavy atom. The van der Waals surface area contributed by atoms with Crippen LogP contribution in [0.25, 0.3) is 0 Å². The number of ether oxygens (including phenoxy) is 2. The highest BCUT2D eigenvalue weighted by molar-refractivity contribution is 5.83. The van der Waals surface area contributed by atoms with E-state index in [1.807, 2.05) is 32.0 Å². The summed E-state index contributed by atoms with van der Waals surface area (Å²) in [5.74, 6) is 0.387. The number of nitrogens with one attached hydrogen (secondary N) is 2. The van der Waals surface area contributed by atoms with Crippen molar-refractivity contribution in [2.24, 2.45) is 5.10 Å². The number of H-pyrrole nitrogens is 1. The molecule has 11 heteroatoms. The lowest BCUT2D eigenvalue weighted by atomic mass is 10.1. The Morgan fingerprint density at radius 2 is 2.03 bits per heavy atom.